The topological polar surface area (TPSA) is 80.9 Å². The lowest BCUT2D eigenvalue weighted by atomic mass is 9.86. The molecule has 1 fully saturated rings. The summed E-state index contributed by atoms with van der Waals surface area (Å²) in [5, 5.41) is 3.00. The van der Waals surface area contributed by atoms with Crippen molar-refractivity contribution in [3.8, 4) is 11.3 Å². The molecule has 166 valence electrons. The maximum atomic E-state index is 12.7. The van der Waals surface area contributed by atoms with E-state index in [9.17, 15) is 4.79 Å². The predicted octanol–water partition coefficient (Wildman–Crippen LogP) is 6.18. The number of aryl methyl sites for hydroxylation is 1. The van der Waals surface area contributed by atoms with E-state index in [2.05, 4.69) is 26.2 Å². The van der Waals surface area contributed by atoms with E-state index in [4.69, 9.17) is 10.7 Å². The van der Waals surface area contributed by atoms with Gasteiger partial charge in [0.2, 0.25) is 5.91 Å². The first-order valence-electron chi connectivity index (χ1n) is 11.3. The van der Waals surface area contributed by atoms with Gasteiger partial charge in [0.1, 0.15) is 0 Å². The van der Waals surface area contributed by atoms with Gasteiger partial charge >= 0.3 is 0 Å². The number of nitrogens with one attached hydrogen (secondary N) is 1. The van der Waals surface area contributed by atoms with Crippen LogP contribution in [0.4, 0.5) is 11.5 Å². The van der Waals surface area contributed by atoms with E-state index in [1.807, 2.05) is 48.5 Å². The molecule has 2 aromatic carbocycles. The van der Waals surface area contributed by atoms with Gasteiger partial charge in [0.05, 0.1) is 24.0 Å². The number of nitrogens with two attached hydrogens (primary N) is 1. The zero-order valence-corrected chi connectivity index (χ0v) is 19.8. The molecule has 0 spiro atoms. The summed E-state index contributed by atoms with van der Waals surface area (Å²) in [7, 11) is 0. The van der Waals surface area contributed by atoms with Crippen LogP contribution in [0, 0.1) is 5.92 Å². The van der Waals surface area contributed by atoms with Gasteiger partial charge in [-0.2, -0.15) is 0 Å². The Labute approximate surface area is 198 Å². The molecule has 0 saturated heterocycles. The summed E-state index contributed by atoms with van der Waals surface area (Å²) in [6.07, 6.45) is 10.5. The average Bonchev–Trinajstić information content (AvgIpc) is 2.81. The van der Waals surface area contributed by atoms with Crippen LogP contribution in [0.25, 0.3) is 11.3 Å². The largest absolute Gasteiger partial charge is 0.399 e. The Bertz CT molecular complexity index is 1040. The van der Waals surface area contributed by atoms with Gasteiger partial charge in [-0.3, -0.25) is 4.79 Å². The zero-order valence-electron chi connectivity index (χ0n) is 18.2. The van der Waals surface area contributed by atoms with E-state index in [1.165, 1.54) is 32.1 Å². The Morgan fingerprint density at radius 1 is 1.03 bits per heavy atom. The highest BCUT2D eigenvalue weighted by atomic mass is 79.9. The molecule has 1 aliphatic rings. The van der Waals surface area contributed by atoms with Crippen LogP contribution in [0.15, 0.2) is 59.2 Å². The van der Waals surface area contributed by atoms with Crippen LogP contribution in [-0.2, 0) is 17.6 Å². The van der Waals surface area contributed by atoms with Crippen LogP contribution in [0.1, 0.15) is 49.8 Å². The van der Waals surface area contributed by atoms with Crippen molar-refractivity contribution < 1.29 is 4.79 Å². The minimum absolute atomic E-state index is 0.0826. The fraction of sp³-hybridized carbons (Fsp3) is 0.346. The third-order valence-electron chi connectivity index (χ3n) is 6.10. The fourth-order valence-corrected chi connectivity index (χ4v) is 4.54. The van der Waals surface area contributed by atoms with E-state index in [0.717, 1.165) is 51.4 Å². The molecule has 0 aliphatic heterocycles. The van der Waals surface area contributed by atoms with Crippen molar-refractivity contribution in [1.82, 2.24) is 9.97 Å². The molecule has 1 amide bonds. The molecule has 0 bridgehead atoms. The molecule has 1 heterocycles. The highest BCUT2D eigenvalue weighted by molar-refractivity contribution is 9.10. The van der Waals surface area contributed by atoms with Crippen LogP contribution < -0.4 is 11.1 Å². The van der Waals surface area contributed by atoms with Crippen LogP contribution in [-0.4, -0.2) is 15.9 Å². The van der Waals surface area contributed by atoms with Crippen molar-refractivity contribution in [3.63, 3.8) is 0 Å². The Hall–Kier alpha value is -2.73. The molecular weight excluding hydrogens is 464 g/mol. The van der Waals surface area contributed by atoms with Gasteiger partial charge in [0, 0.05) is 15.7 Å². The van der Waals surface area contributed by atoms with Crippen molar-refractivity contribution in [3.05, 3.63) is 70.5 Å². The molecule has 4 rings (SSSR count). The third kappa shape index (κ3) is 6.16. The van der Waals surface area contributed by atoms with Gasteiger partial charge in [-0.05, 0) is 48.6 Å². The number of nitrogens with zero attached hydrogens (tertiary/aromatic N) is 2. The van der Waals surface area contributed by atoms with Gasteiger partial charge < -0.3 is 11.1 Å². The number of hydrogen-bond donors (Lipinski definition) is 2. The van der Waals surface area contributed by atoms with Crippen molar-refractivity contribution in [2.24, 2.45) is 5.92 Å². The van der Waals surface area contributed by atoms with Crippen molar-refractivity contribution in [2.45, 2.75) is 51.4 Å². The van der Waals surface area contributed by atoms with Crippen molar-refractivity contribution >= 4 is 33.3 Å². The molecule has 0 radical (unpaired) electrons. The first kappa shape index (κ1) is 22.5. The first-order valence-corrected chi connectivity index (χ1v) is 12.1. The second-order valence-corrected chi connectivity index (χ2v) is 9.48. The van der Waals surface area contributed by atoms with Crippen LogP contribution >= 0.6 is 15.9 Å². The smallest absolute Gasteiger partial charge is 0.229 e. The quantitative estimate of drug-likeness (QED) is 0.385. The lowest BCUT2D eigenvalue weighted by Gasteiger charge is -2.21. The minimum atomic E-state index is -0.0826. The van der Waals surface area contributed by atoms with E-state index < -0.39 is 0 Å². The fourth-order valence-electron chi connectivity index (χ4n) is 4.28. The number of aromatic nitrogens is 2. The number of carbonyl (C=O) groups is 1. The SMILES string of the molecule is Nc1ccc(-c2cnc(NC(=O)Cc3ccc(Br)cc3)c(CCC3CCCCC3)n2)cc1. The number of rotatable bonds is 7. The molecule has 3 N–H and O–H groups in total. The zero-order chi connectivity index (χ0) is 22.3. The van der Waals surface area contributed by atoms with Gasteiger partial charge in [-0.1, -0.05) is 72.3 Å². The van der Waals surface area contributed by atoms with E-state index >= 15 is 0 Å². The van der Waals surface area contributed by atoms with Gasteiger partial charge in [-0.15, -0.1) is 0 Å². The molecule has 1 aliphatic carbocycles. The molecule has 1 aromatic heterocycles. The number of carbonyl (C=O) groups excluding carboxylic acids is 1. The number of anilines is 2. The Balaban J connectivity index is 1.52. The van der Waals surface area contributed by atoms with E-state index in [-0.39, 0.29) is 5.91 Å². The van der Waals surface area contributed by atoms with E-state index in [0.29, 0.717) is 12.2 Å². The molecule has 0 atom stereocenters. The number of hydrogen-bond acceptors (Lipinski definition) is 4. The number of benzene rings is 2. The molecular formula is C26H29BrN4O. The lowest BCUT2D eigenvalue weighted by Crippen LogP contribution is -2.18. The average molecular weight is 493 g/mol. The Morgan fingerprint density at radius 2 is 1.75 bits per heavy atom. The van der Waals surface area contributed by atoms with Crippen molar-refractivity contribution in [1.29, 1.82) is 0 Å². The van der Waals surface area contributed by atoms with Gasteiger partial charge in [-0.25, -0.2) is 9.97 Å². The molecule has 1 saturated carbocycles. The molecule has 6 heteroatoms. The monoisotopic (exact) mass is 492 g/mol. The predicted molar refractivity (Wildman–Crippen MR) is 133 cm³/mol. The van der Waals surface area contributed by atoms with Crippen LogP contribution in [0.5, 0.6) is 0 Å². The molecule has 5 nitrogen and oxygen atoms in total. The van der Waals surface area contributed by atoms with Crippen LogP contribution in [0.3, 0.4) is 0 Å². The maximum absolute atomic E-state index is 12.7. The summed E-state index contributed by atoms with van der Waals surface area (Å²) < 4.78 is 0.996. The minimum Gasteiger partial charge on any atom is -0.399 e. The Kier molecular flexibility index (Phi) is 7.53. The third-order valence-corrected chi connectivity index (χ3v) is 6.63. The summed E-state index contributed by atoms with van der Waals surface area (Å²) in [6, 6.07) is 15.4. The first-order chi connectivity index (χ1) is 15.6. The standard InChI is InChI=1S/C26H29BrN4O/c27-21-11-6-19(7-12-21)16-25(32)31-26-23(15-8-18-4-2-1-3-5-18)30-24(17-29-26)20-9-13-22(28)14-10-20/h6-7,9-14,17-18H,1-5,8,15-16,28H2,(H,29,31,32). The second kappa shape index (κ2) is 10.7. The number of nitrogen functional groups attached to an aromatic ring is 1. The van der Waals surface area contributed by atoms with Crippen LogP contribution in [0.2, 0.25) is 0 Å². The maximum Gasteiger partial charge on any atom is 0.229 e. The second-order valence-electron chi connectivity index (χ2n) is 8.57. The normalized spacial score (nSPS) is 14.3. The number of halogens is 1. The summed E-state index contributed by atoms with van der Waals surface area (Å²) >= 11 is 3.43. The summed E-state index contributed by atoms with van der Waals surface area (Å²) in [6.45, 7) is 0. The van der Waals surface area contributed by atoms with Gasteiger partial charge in [0.25, 0.3) is 0 Å². The van der Waals surface area contributed by atoms with Crippen molar-refractivity contribution in [2.75, 3.05) is 11.1 Å². The molecule has 0 unspecified atom stereocenters. The summed E-state index contributed by atoms with van der Waals surface area (Å²) in [4.78, 5) is 22.2. The Morgan fingerprint density at radius 3 is 2.47 bits per heavy atom. The van der Waals surface area contributed by atoms with Gasteiger partial charge in [0.15, 0.2) is 5.82 Å². The highest BCUT2D eigenvalue weighted by Crippen LogP contribution is 2.29. The summed E-state index contributed by atoms with van der Waals surface area (Å²) in [5.74, 6) is 1.22. The summed E-state index contributed by atoms with van der Waals surface area (Å²) in [5.41, 5.74) is 10.1. The molecule has 32 heavy (non-hydrogen) atoms. The number of amides is 1. The lowest BCUT2D eigenvalue weighted by molar-refractivity contribution is -0.115. The molecule has 3 aromatic rings. The van der Waals surface area contributed by atoms with E-state index in [1.54, 1.807) is 6.20 Å². The highest BCUT2D eigenvalue weighted by Gasteiger charge is 2.17.